The predicted octanol–water partition coefficient (Wildman–Crippen LogP) is 4.39. The van der Waals surface area contributed by atoms with E-state index in [0.717, 1.165) is 21.7 Å². The average molecular weight is 316 g/mol. The zero-order valence-corrected chi connectivity index (χ0v) is 12.4. The summed E-state index contributed by atoms with van der Waals surface area (Å²) < 4.78 is 3.14. The van der Waals surface area contributed by atoms with Crippen LogP contribution in [0.15, 0.2) is 47.1 Å². The summed E-state index contributed by atoms with van der Waals surface area (Å²) in [6.45, 7) is 1.98. The summed E-state index contributed by atoms with van der Waals surface area (Å²) in [6, 6.07) is 12.3. The number of fused-ring (bicyclic) bond motifs is 1. The number of hydrogen-bond donors (Lipinski definition) is 1. The Hall–Kier alpha value is -1.81. The maximum atomic E-state index is 4.52. The highest BCUT2D eigenvalue weighted by Crippen LogP contribution is 2.28. The van der Waals surface area contributed by atoms with Gasteiger partial charge in [-0.2, -0.15) is 0 Å². The Kier molecular flexibility index (Phi) is 3.03. The van der Waals surface area contributed by atoms with E-state index in [1.54, 1.807) is 0 Å². The van der Waals surface area contributed by atoms with Crippen LogP contribution in [-0.4, -0.2) is 9.55 Å². The minimum atomic E-state index is 0.858. The number of aromatic nitrogens is 2. The first-order valence-corrected chi connectivity index (χ1v) is 6.88. The summed E-state index contributed by atoms with van der Waals surface area (Å²) in [4.78, 5) is 4.52. The van der Waals surface area contributed by atoms with Crippen molar-refractivity contribution in [3.8, 4) is 0 Å². The monoisotopic (exact) mass is 315 g/mol. The maximum absolute atomic E-state index is 4.52. The molecule has 3 rings (SSSR count). The second-order valence-corrected chi connectivity index (χ2v) is 5.41. The lowest BCUT2D eigenvalue weighted by Crippen LogP contribution is -1.94. The number of nitrogens with one attached hydrogen (secondary N) is 1. The van der Waals surface area contributed by atoms with Crippen LogP contribution in [0.2, 0.25) is 0 Å². The van der Waals surface area contributed by atoms with Crippen LogP contribution >= 0.6 is 15.9 Å². The van der Waals surface area contributed by atoms with Crippen LogP contribution in [0.3, 0.4) is 0 Å². The van der Waals surface area contributed by atoms with Gasteiger partial charge >= 0.3 is 0 Å². The second-order valence-electron chi connectivity index (χ2n) is 4.56. The molecular formula is C15H14BrN3. The van der Waals surface area contributed by atoms with Gasteiger partial charge in [-0.3, -0.25) is 0 Å². The van der Waals surface area contributed by atoms with Crippen molar-refractivity contribution >= 4 is 38.3 Å². The molecule has 3 nitrogen and oxygen atoms in total. The van der Waals surface area contributed by atoms with Crippen molar-refractivity contribution in [2.24, 2.45) is 7.05 Å². The summed E-state index contributed by atoms with van der Waals surface area (Å²) in [6.07, 6.45) is 2.09. The van der Waals surface area contributed by atoms with Gasteiger partial charge < -0.3 is 9.88 Å². The van der Waals surface area contributed by atoms with E-state index in [9.17, 15) is 0 Å². The van der Waals surface area contributed by atoms with Gasteiger partial charge in [-0.25, -0.2) is 4.98 Å². The van der Waals surface area contributed by atoms with E-state index >= 15 is 0 Å². The van der Waals surface area contributed by atoms with E-state index in [0.29, 0.717) is 0 Å². The molecule has 4 heteroatoms. The highest BCUT2D eigenvalue weighted by Gasteiger charge is 2.07. The number of benzene rings is 1. The molecule has 2 aromatic heterocycles. The van der Waals surface area contributed by atoms with Crippen LogP contribution in [0, 0.1) is 6.92 Å². The summed E-state index contributed by atoms with van der Waals surface area (Å²) in [5.74, 6) is 0.858. The molecule has 0 bridgehead atoms. The quantitative estimate of drug-likeness (QED) is 0.760. The topological polar surface area (TPSA) is 29.9 Å². The lowest BCUT2D eigenvalue weighted by atomic mass is 10.2. The number of nitrogens with zero attached hydrogens (tertiary/aromatic N) is 2. The number of para-hydroxylation sites is 1. The average Bonchev–Trinajstić information content (AvgIpc) is 2.72. The molecule has 2 heterocycles. The Morgan fingerprint density at radius 2 is 1.95 bits per heavy atom. The lowest BCUT2D eigenvalue weighted by Gasteiger charge is -2.06. The lowest BCUT2D eigenvalue weighted by molar-refractivity contribution is 0.970. The Labute approximate surface area is 120 Å². The molecule has 0 aliphatic heterocycles. The van der Waals surface area contributed by atoms with Gasteiger partial charge in [-0.15, -0.1) is 0 Å². The number of aryl methyl sites for hydroxylation is 2. The van der Waals surface area contributed by atoms with E-state index in [2.05, 4.69) is 49.1 Å². The Balaban J connectivity index is 2.03. The van der Waals surface area contributed by atoms with Gasteiger partial charge in [-0.1, -0.05) is 18.2 Å². The third kappa shape index (κ3) is 2.24. The summed E-state index contributed by atoms with van der Waals surface area (Å²) in [5, 5.41) is 4.58. The van der Waals surface area contributed by atoms with E-state index in [1.807, 2.05) is 38.2 Å². The van der Waals surface area contributed by atoms with Crippen molar-refractivity contribution in [2.75, 3.05) is 5.32 Å². The van der Waals surface area contributed by atoms with Crippen molar-refractivity contribution < 1.29 is 0 Å². The predicted molar refractivity (Wildman–Crippen MR) is 82.9 cm³/mol. The molecule has 0 amide bonds. The van der Waals surface area contributed by atoms with Gasteiger partial charge in [0.05, 0.1) is 11.4 Å². The third-order valence-electron chi connectivity index (χ3n) is 3.18. The first-order valence-electron chi connectivity index (χ1n) is 6.09. The van der Waals surface area contributed by atoms with Crippen molar-refractivity contribution in [3.05, 3.63) is 52.8 Å². The minimum absolute atomic E-state index is 0.858. The van der Waals surface area contributed by atoms with Crippen LogP contribution in [0.5, 0.6) is 0 Å². The Bertz CT molecular complexity index is 746. The SMILES string of the molecule is Cc1nc(Nc2cn(C)c3ccccc23)ccc1Br. The fourth-order valence-corrected chi connectivity index (χ4v) is 2.41. The van der Waals surface area contributed by atoms with Crippen LogP contribution in [0.4, 0.5) is 11.5 Å². The molecule has 0 unspecified atom stereocenters. The Morgan fingerprint density at radius 1 is 1.16 bits per heavy atom. The van der Waals surface area contributed by atoms with Crippen molar-refractivity contribution in [2.45, 2.75) is 6.92 Å². The highest BCUT2D eigenvalue weighted by atomic mass is 79.9. The van der Waals surface area contributed by atoms with E-state index in [4.69, 9.17) is 0 Å². The van der Waals surface area contributed by atoms with Crippen LogP contribution in [0.1, 0.15) is 5.69 Å². The number of pyridine rings is 1. The van der Waals surface area contributed by atoms with Gasteiger partial charge in [0.1, 0.15) is 5.82 Å². The molecule has 0 aliphatic rings. The minimum Gasteiger partial charge on any atom is -0.348 e. The molecule has 19 heavy (non-hydrogen) atoms. The van der Waals surface area contributed by atoms with Gasteiger partial charge in [0, 0.05) is 28.6 Å². The molecular weight excluding hydrogens is 302 g/mol. The fraction of sp³-hybridized carbons (Fsp3) is 0.133. The van der Waals surface area contributed by atoms with Gasteiger partial charge in [-0.05, 0) is 41.1 Å². The Morgan fingerprint density at radius 3 is 2.74 bits per heavy atom. The molecule has 1 N–H and O–H groups in total. The first kappa shape index (κ1) is 12.2. The van der Waals surface area contributed by atoms with Crippen molar-refractivity contribution in [1.82, 2.24) is 9.55 Å². The molecule has 0 atom stereocenters. The molecule has 0 saturated carbocycles. The van der Waals surface area contributed by atoms with E-state index in [-0.39, 0.29) is 0 Å². The smallest absolute Gasteiger partial charge is 0.130 e. The number of halogens is 1. The third-order valence-corrected chi connectivity index (χ3v) is 4.02. The second kappa shape index (κ2) is 4.70. The van der Waals surface area contributed by atoms with Crippen LogP contribution < -0.4 is 5.32 Å². The first-order chi connectivity index (χ1) is 9.15. The van der Waals surface area contributed by atoms with Crippen LogP contribution in [0.25, 0.3) is 10.9 Å². The molecule has 3 aromatic rings. The molecule has 0 saturated heterocycles. The summed E-state index contributed by atoms with van der Waals surface area (Å²) >= 11 is 3.46. The van der Waals surface area contributed by atoms with Crippen molar-refractivity contribution in [3.63, 3.8) is 0 Å². The van der Waals surface area contributed by atoms with Crippen LogP contribution in [-0.2, 0) is 7.05 Å². The highest BCUT2D eigenvalue weighted by molar-refractivity contribution is 9.10. The largest absolute Gasteiger partial charge is 0.348 e. The van der Waals surface area contributed by atoms with Crippen molar-refractivity contribution in [1.29, 1.82) is 0 Å². The maximum Gasteiger partial charge on any atom is 0.130 e. The summed E-state index contributed by atoms with van der Waals surface area (Å²) in [5.41, 5.74) is 3.26. The van der Waals surface area contributed by atoms with E-state index in [1.165, 1.54) is 10.9 Å². The van der Waals surface area contributed by atoms with Gasteiger partial charge in [0.15, 0.2) is 0 Å². The molecule has 1 aromatic carbocycles. The zero-order chi connectivity index (χ0) is 13.4. The number of hydrogen-bond acceptors (Lipinski definition) is 2. The fourth-order valence-electron chi connectivity index (χ4n) is 2.19. The molecule has 0 fully saturated rings. The molecule has 0 aliphatic carbocycles. The molecule has 0 spiro atoms. The molecule has 0 radical (unpaired) electrons. The standard InChI is InChI=1S/C15H14BrN3/c1-10-12(16)7-8-15(17-10)18-13-9-19(2)14-6-4-3-5-11(13)14/h3-9H,1-2H3,(H,17,18). The number of anilines is 2. The summed E-state index contributed by atoms with van der Waals surface area (Å²) in [7, 11) is 2.05. The van der Waals surface area contributed by atoms with E-state index < -0.39 is 0 Å². The zero-order valence-electron chi connectivity index (χ0n) is 10.8. The van der Waals surface area contributed by atoms with Gasteiger partial charge in [0.25, 0.3) is 0 Å². The normalized spacial score (nSPS) is 10.9. The number of rotatable bonds is 2. The van der Waals surface area contributed by atoms with Gasteiger partial charge in [0.2, 0.25) is 0 Å². The molecule has 96 valence electrons.